The van der Waals surface area contributed by atoms with Crippen LogP contribution in [-0.2, 0) is 0 Å². The molecule has 1 amide bonds. The Morgan fingerprint density at radius 3 is 2.68 bits per heavy atom. The van der Waals surface area contributed by atoms with E-state index in [4.69, 9.17) is 0 Å². The quantitative estimate of drug-likeness (QED) is 0.756. The van der Waals surface area contributed by atoms with Gasteiger partial charge in [0.25, 0.3) is 5.91 Å². The smallest absolute Gasteiger partial charge is 0.256 e. The van der Waals surface area contributed by atoms with E-state index in [2.05, 4.69) is 17.1 Å². The summed E-state index contributed by atoms with van der Waals surface area (Å²) in [4.78, 5) is 18.2. The van der Waals surface area contributed by atoms with E-state index in [9.17, 15) is 4.79 Å². The van der Waals surface area contributed by atoms with E-state index >= 15 is 0 Å². The monoisotopic (exact) mass is 290 g/mol. The van der Waals surface area contributed by atoms with Crippen LogP contribution in [0, 0.1) is 0 Å². The summed E-state index contributed by atoms with van der Waals surface area (Å²) >= 11 is 0. The number of benzene rings is 2. The Morgan fingerprint density at radius 2 is 1.82 bits per heavy atom. The lowest BCUT2D eigenvalue weighted by molar-refractivity contribution is 0.0737. The number of rotatable bonds is 2. The molecule has 0 bridgehead atoms. The second kappa shape index (κ2) is 5.34. The summed E-state index contributed by atoms with van der Waals surface area (Å²) in [6.07, 6.45) is 3.94. The van der Waals surface area contributed by atoms with Gasteiger partial charge >= 0.3 is 0 Å². The van der Waals surface area contributed by atoms with Crippen molar-refractivity contribution >= 4 is 16.8 Å². The molecule has 0 saturated carbocycles. The van der Waals surface area contributed by atoms with Gasteiger partial charge < -0.3 is 9.88 Å². The van der Waals surface area contributed by atoms with Gasteiger partial charge in [-0.2, -0.15) is 0 Å². The van der Waals surface area contributed by atoms with Gasteiger partial charge in [0.05, 0.1) is 11.6 Å². The van der Waals surface area contributed by atoms with Crippen LogP contribution >= 0.6 is 0 Å². The van der Waals surface area contributed by atoms with Crippen LogP contribution in [-0.4, -0.2) is 22.3 Å². The number of aromatic nitrogens is 1. The second-order valence-electron chi connectivity index (χ2n) is 5.82. The van der Waals surface area contributed by atoms with Crippen molar-refractivity contribution in [1.82, 2.24) is 9.88 Å². The van der Waals surface area contributed by atoms with E-state index in [-0.39, 0.29) is 11.9 Å². The third kappa shape index (κ3) is 2.10. The Bertz CT molecular complexity index is 806. The van der Waals surface area contributed by atoms with Crippen LogP contribution in [0.15, 0.2) is 60.8 Å². The SMILES string of the molecule is O=C(c1c[nH]c2ccccc12)N1CCCC1c1ccccc1. The van der Waals surface area contributed by atoms with Gasteiger partial charge in [-0.3, -0.25) is 4.79 Å². The number of hydrogen-bond donors (Lipinski definition) is 1. The number of fused-ring (bicyclic) bond motifs is 1. The highest BCUT2D eigenvalue weighted by Crippen LogP contribution is 2.34. The summed E-state index contributed by atoms with van der Waals surface area (Å²) in [6.45, 7) is 0.831. The number of aromatic amines is 1. The lowest BCUT2D eigenvalue weighted by Gasteiger charge is -2.25. The molecule has 1 aromatic heterocycles. The zero-order valence-electron chi connectivity index (χ0n) is 12.3. The molecule has 1 aliphatic heterocycles. The van der Waals surface area contributed by atoms with Crippen molar-refractivity contribution in [2.45, 2.75) is 18.9 Å². The van der Waals surface area contributed by atoms with Crippen LogP contribution in [0.4, 0.5) is 0 Å². The standard InChI is InChI=1S/C19H18N2O/c22-19(16-13-20-17-10-5-4-9-15(16)17)21-12-6-11-18(21)14-7-2-1-3-8-14/h1-5,7-10,13,18,20H,6,11-12H2. The first-order valence-electron chi connectivity index (χ1n) is 7.76. The molecule has 3 heteroatoms. The number of amides is 1. The molecule has 4 rings (SSSR count). The molecule has 1 aliphatic rings. The number of H-pyrrole nitrogens is 1. The molecule has 3 nitrogen and oxygen atoms in total. The third-order valence-electron chi connectivity index (χ3n) is 4.52. The molecule has 1 atom stereocenters. The number of nitrogens with one attached hydrogen (secondary N) is 1. The molecule has 0 radical (unpaired) electrons. The topological polar surface area (TPSA) is 36.1 Å². The van der Waals surface area contributed by atoms with E-state index in [0.29, 0.717) is 0 Å². The molecule has 1 unspecified atom stereocenters. The van der Waals surface area contributed by atoms with Gasteiger partial charge in [0.1, 0.15) is 0 Å². The lowest BCUT2D eigenvalue weighted by atomic mass is 10.0. The van der Waals surface area contributed by atoms with Crippen LogP contribution in [0.25, 0.3) is 10.9 Å². The molecule has 22 heavy (non-hydrogen) atoms. The normalized spacial score (nSPS) is 18.0. The highest BCUT2D eigenvalue weighted by atomic mass is 16.2. The van der Waals surface area contributed by atoms with Gasteiger partial charge in [-0.1, -0.05) is 48.5 Å². The molecule has 0 spiro atoms. The van der Waals surface area contributed by atoms with E-state index in [1.165, 1.54) is 5.56 Å². The van der Waals surface area contributed by atoms with Crippen LogP contribution in [0.1, 0.15) is 34.8 Å². The molecular weight excluding hydrogens is 272 g/mol. The maximum Gasteiger partial charge on any atom is 0.256 e. The van der Waals surface area contributed by atoms with Gasteiger partial charge in [0.15, 0.2) is 0 Å². The van der Waals surface area contributed by atoms with Gasteiger partial charge in [-0.05, 0) is 24.5 Å². The highest BCUT2D eigenvalue weighted by Gasteiger charge is 2.31. The summed E-state index contributed by atoms with van der Waals surface area (Å²) in [5.74, 6) is 0.129. The van der Waals surface area contributed by atoms with Crippen molar-refractivity contribution in [3.8, 4) is 0 Å². The molecule has 110 valence electrons. The van der Waals surface area contributed by atoms with E-state index in [1.807, 2.05) is 53.6 Å². The minimum atomic E-state index is 0.129. The predicted molar refractivity (Wildman–Crippen MR) is 87.8 cm³/mol. The molecule has 0 aliphatic carbocycles. The largest absolute Gasteiger partial charge is 0.360 e. The Hall–Kier alpha value is -2.55. The fraction of sp³-hybridized carbons (Fsp3) is 0.211. The third-order valence-corrected chi connectivity index (χ3v) is 4.52. The molecule has 1 N–H and O–H groups in total. The zero-order chi connectivity index (χ0) is 14.9. The first-order chi connectivity index (χ1) is 10.8. The van der Waals surface area contributed by atoms with Gasteiger partial charge in [-0.25, -0.2) is 0 Å². The molecule has 2 aromatic carbocycles. The van der Waals surface area contributed by atoms with Crippen molar-refractivity contribution in [1.29, 1.82) is 0 Å². The first kappa shape index (κ1) is 13.1. The number of carbonyl (C=O) groups is 1. The summed E-state index contributed by atoms with van der Waals surface area (Å²) in [5.41, 5.74) is 3.02. The average molecular weight is 290 g/mol. The van der Waals surface area contributed by atoms with Crippen LogP contribution < -0.4 is 0 Å². The lowest BCUT2D eigenvalue weighted by Crippen LogP contribution is -2.30. The molecule has 3 aromatic rings. The number of hydrogen-bond acceptors (Lipinski definition) is 1. The van der Waals surface area contributed by atoms with Crippen molar-refractivity contribution in [2.75, 3.05) is 6.54 Å². The van der Waals surface area contributed by atoms with E-state index in [1.54, 1.807) is 0 Å². The Morgan fingerprint density at radius 1 is 1.05 bits per heavy atom. The van der Waals surface area contributed by atoms with Crippen LogP contribution in [0.5, 0.6) is 0 Å². The van der Waals surface area contributed by atoms with Crippen molar-refractivity contribution in [2.24, 2.45) is 0 Å². The van der Waals surface area contributed by atoms with Crippen molar-refractivity contribution < 1.29 is 4.79 Å². The van der Waals surface area contributed by atoms with Gasteiger partial charge in [0.2, 0.25) is 0 Å². The number of carbonyl (C=O) groups excluding carboxylic acids is 1. The zero-order valence-corrected chi connectivity index (χ0v) is 12.3. The predicted octanol–water partition coefficient (Wildman–Crippen LogP) is 4.15. The van der Waals surface area contributed by atoms with Gasteiger partial charge in [0, 0.05) is 23.6 Å². The second-order valence-corrected chi connectivity index (χ2v) is 5.82. The Balaban J connectivity index is 1.70. The Kier molecular flexibility index (Phi) is 3.19. The van der Waals surface area contributed by atoms with Crippen LogP contribution in [0.3, 0.4) is 0 Å². The highest BCUT2D eigenvalue weighted by molar-refractivity contribution is 6.06. The maximum absolute atomic E-state index is 13.0. The molecular formula is C19H18N2O. The van der Waals surface area contributed by atoms with Crippen molar-refractivity contribution in [3.63, 3.8) is 0 Å². The molecule has 1 fully saturated rings. The Labute approximate surface area is 129 Å². The first-order valence-corrected chi connectivity index (χ1v) is 7.76. The average Bonchev–Trinajstić information content (AvgIpc) is 3.22. The summed E-state index contributed by atoms with van der Waals surface area (Å²) in [5, 5.41) is 1.01. The minimum Gasteiger partial charge on any atom is -0.360 e. The number of para-hydroxylation sites is 1. The van der Waals surface area contributed by atoms with Crippen LogP contribution in [0.2, 0.25) is 0 Å². The number of nitrogens with zero attached hydrogens (tertiary/aromatic N) is 1. The summed E-state index contributed by atoms with van der Waals surface area (Å²) < 4.78 is 0. The van der Waals surface area contributed by atoms with Gasteiger partial charge in [-0.15, -0.1) is 0 Å². The summed E-state index contributed by atoms with van der Waals surface area (Å²) in [7, 11) is 0. The van der Waals surface area contributed by atoms with Crippen molar-refractivity contribution in [3.05, 3.63) is 71.9 Å². The fourth-order valence-corrected chi connectivity index (χ4v) is 3.43. The molecule has 1 saturated heterocycles. The minimum absolute atomic E-state index is 0.129. The summed E-state index contributed by atoms with van der Waals surface area (Å²) in [6, 6.07) is 18.5. The molecule has 2 heterocycles. The van der Waals surface area contributed by atoms with E-state index < -0.39 is 0 Å². The fourth-order valence-electron chi connectivity index (χ4n) is 3.43. The maximum atomic E-state index is 13.0. The van der Waals surface area contributed by atoms with E-state index in [0.717, 1.165) is 35.9 Å². The number of likely N-dealkylation sites (tertiary alicyclic amines) is 1.